The van der Waals surface area contributed by atoms with Crippen molar-refractivity contribution in [2.24, 2.45) is 10.4 Å². The summed E-state index contributed by atoms with van der Waals surface area (Å²) in [5.74, 6) is 1.41. The van der Waals surface area contributed by atoms with E-state index in [2.05, 4.69) is 169 Å². The Morgan fingerprint density at radius 2 is 1.58 bits per heavy atom. The van der Waals surface area contributed by atoms with Crippen LogP contribution in [0.3, 0.4) is 0 Å². The van der Waals surface area contributed by atoms with Crippen molar-refractivity contribution in [1.82, 2.24) is 4.57 Å². The van der Waals surface area contributed by atoms with Crippen LogP contribution in [0.15, 0.2) is 138 Å². The maximum absolute atomic E-state index is 5.68. The second-order valence-corrected chi connectivity index (χ2v) is 18.0. The molecule has 0 saturated carbocycles. The number of fused-ring (bicyclic) bond motifs is 11. The van der Waals surface area contributed by atoms with Gasteiger partial charge in [-0.15, -0.1) is 22.7 Å². The average Bonchev–Trinajstić information content (AvgIpc) is 3.89. The molecule has 0 bridgehead atoms. The molecule has 0 saturated heterocycles. The van der Waals surface area contributed by atoms with Gasteiger partial charge in [0.1, 0.15) is 11.9 Å². The maximum Gasteiger partial charge on any atom is 0.133 e. The van der Waals surface area contributed by atoms with Crippen molar-refractivity contribution in [3.05, 3.63) is 170 Å². The number of anilines is 1. The first-order valence-electron chi connectivity index (χ1n) is 19.4. The van der Waals surface area contributed by atoms with Crippen LogP contribution in [-0.2, 0) is 0 Å². The van der Waals surface area contributed by atoms with Crippen molar-refractivity contribution in [2.75, 3.05) is 5.32 Å². The van der Waals surface area contributed by atoms with Crippen LogP contribution < -0.4 is 15.9 Å². The Morgan fingerprint density at radius 3 is 2.49 bits per heavy atom. The first-order chi connectivity index (χ1) is 27.0. The van der Waals surface area contributed by atoms with E-state index in [4.69, 9.17) is 4.99 Å². The van der Waals surface area contributed by atoms with Gasteiger partial charge >= 0.3 is 0 Å². The lowest BCUT2D eigenvalue weighted by molar-refractivity contribution is 0.569. The van der Waals surface area contributed by atoms with E-state index in [1.807, 2.05) is 22.7 Å². The third-order valence-corrected chi connectivity index (χ3v) is 15.1. The lowest BCUT2D eigenvalue weighted by Crippen LogP contribution is -2.36. The molecule has 3 aliphatic carbocycles. The maximum atomic E-state index is 5.68. The summed E-state index contributed by atoms with van der Waals surface area (Å²) in [6, 6.07) is 38.1. The lowest BCUT2D eigenvalue weighted by Gasteiger charge is -2.30. The summed E-state index contributed by atoms with van der Waals surface area (Å²) in [5.41, 5.74) is 8.72. The van der Waals surface area contributed by atoms with E-state index < -0.39 is 0 Å². The normalized spacial score (nSPS) is 21.0. The molecular weight excluding hydrogens is 707 g/mol. The molecule has 3 aromatic heterocycles. The Hall–Kier alpha value is -5.75. The molecule has 5 aromatic carbocycles. The quantitative estimate of drug-likeness (QED) is 0.192. The average molecular weight is 744 g/mol. The Kier molecular flexibility index (Phi) is 6.68. The highest BCUT2D eigenvalue weighted by atomic mass is 32.1. The molecule has 0 spiro atoms. The fourth-order valence-electron chi connectivity index (χ4n) is 9.59. The van der Waals surface area contributed by atoms with E-state index in [0.29, 0.717) is 5.92 Å². The topological polar surface area (TPSA) is 29.3 Å². The van der Waals surface area contributed by atoms with Crippen LogP contribution >= 0.6 is 22.7 Å². The molecule has 4 aliphatic rings. The molecule has 1 aliphatic heterocycles. The molecule has 0 amide bonds. The van der Waals surface area contributed by atoms with E-state index in [9.17, 15) is 0 Å². The zero-order valence-electron chi connectivity index (χ0n) is 30.6. The van der Waals surface area contributed by atoms with Gasteiger partial charge in [0.05, 0.1) is 27.1 Å². The van der Waals surface area contributed by atoms with Gasteiger partial charge in [-0.25, -0.2) is 0 Å². The highest BCUT2D eigenvalue weighted by Crippen LogP contribution is 2.51. The molecule has 1 N–H and O–H groups in total. The molecule has 12 rings (SSSR count). The second-order valence-electron chi connectivity index (χ2n) is 15.8. The summed E-state index contributed by atoms with van der Waals surface area (Å²) in [6.45, 7) is 4.74. The van der Waals surface area contributed by atoms with E-state index >= 15 is 0 Å². The monoisotopic (exact) mass is 743 g/mol. The van der Waals surface area contributed by atoms with Gasteiger partial charge in [0, 0.05) is 57.6 Å². The van der Waals surface area contributed by atoms with Crippen molar-refractivity contribution in [2.45, 2.75) is 38.6 Å². The van der Waals surface area contributed by atoms with Gasteiger partial charge < -0.3 is 9.88 Å². The van der Waals surface area contributed by atoms with Crippen LogP contribution in [0.1, 0.15) is 65.1 Å². The number of aromatic nitrogens is 1. The third kappa shape index (κ3) is 4.57. The van der Waals surface area contributed by atoms with E-state index in [0.717, 1.165) is 24.2 Å². The molecule has 0 fully saturated rings. The van der Waals surface area contributed by atoms with E-state index in [1.54, 1.807) is 0 Å². The van der Waals surface area contributed by atoms with E-state index in [1.165, 1.54) is 90.2 Å². The van der Waals surface area contributed by atoms with Crippen LogP contribution in [-0.4, -0.2) is 10.4 Å². The smallest absolute Gasteiger partial charge is 0.133 e. The van der Waals surface area contributed by atoms with Crippen LogP contribution in [0, 0.1) is 5.41 Å². The van der Waals surface area contributed by atoms with Crippen LogP contribution in [0.2, 0.25) is 0 Å². The number of thiophene rings is 2. The molecule has 55 heavy (non-hydrogen) atoms. The minimum absolute atomic E-state index is 0.00131. The molecular formula is C50H37N3S2. The summed E-state index contributed by atoms with van der Waals surface area (Å²) < 4.78 is 5.13. The minimum atomic E-state index is -0.147. The summed E-state index contributed by atoms with van der Waals surface area (Å²) in [4.78, 5) is 8.44. The molecule has 3 nitrogen and oxygen atoms in total. The van der Waals surface area contributed by atoms with Gasteiger partial charge in [-0.1, -0.05) is 117 Å². The number of hydrogen-bond donors (Lipinski definition) is 1. The number of hydrogen-bond acceptors (Lipinski definition) is 4. The zero-order chi connectivity index (χ0) is 36.4. The summed E-state index contributed by atoms with van der Waals surface area (Å²) >= 11 is 3.81. The summed E-state index contributed by atoms with van der Waals surface area (Å²) in [7, 11) is 0. The van der Waals surface area contributed by atoms with Crippen molar-refractivity contribution in [1.29, 1.82) is 0 Å². The first-order valence-corrected chi connectivity index (χ1v) is 21.0. The molecule has 4 heterocycles. The lowest BCUT2D eigenvalue weighted by atomic mass is 9.74. The fraction of sp³-hybridized carbons (Fsp3) is 0.140. The van der Waals surface area contributed by atoms with Gasteiger partial charge in [-0.05, 0) is 77.8 Å². The number of allylic oxidation sites excluding steroid dienone is 5. The van der Waals surface area contributed by atoms with Crippen LogP contribution in [0.25, 0.3) is 65.8 Å². The highest BCUT2D eigenvalue weighted by Gasteiger charge is 2.34. The highest BCUT2D eigenvalue weighted by molar-refractivity contribution is 7.25. The Labute approximate surface area is 327 Å². The molecule has 5 heteroatoms. The number of aliphatic imine (C=N–C) groups is 1. The van der Waals surface area contributed by atoms with Gasteiger partial charge in [-0.2, -0.15) is 0 Å². The number of rotatable bonds is 3. The Morgan fingerprint density at radius 1 is 0.782 bits per heavy atom. The van der Waals surface area contributed by atoms with Crippen molar-refractivity contribution in [3.8, 4) is 5.69 Å². The molecule has 3 atom stereocenters. The second kappa shape index (κ2) is 11.6. The predicted octanol–water partition coefficient (Wildman–Crippen LogP) is 12.2. The van der Waals surface area contributed by atoms with Crippen molar-refractivity contribution >= 4 is 94.3 Å². The van der Waals surface area contributed by atoms with Crippen molar-refractivity contribution < 1.29 is 0 Å². The summed E-state index contributed by atoms with van der Waals surface area (Å²) in [6.07, 6.45) is 18.5. The standard InChI is InChI=1S/C50H37N3S2/c1-29-12-11-18-37-46-48(55-47(29)37)45(51-49(52-46)30-21-24-44-38(26-30)35-17-6-8-20-43(35)54-44)36-22-23-41(33-15-4-3-14-32(33)36)53-40-19-7-5-16-34(40)39-28-50(2)25-10-9-13-31(50)27-42(39)53/h3-11,13-24,26-29,45H,12,25H2,1-2H3,(H,51,52). The molecule has 0 radical (unpaired) electrons. The zero-order valence-corrected chi connectivity index (χ0v) is 32.3. The van der Waals surface area contributed by atoms with Gasteiger partial charge in [0.25, 0.3) is 0 Å². The first kappa shape index (κ1) is 31.6. The fourth-order valence-corrected chi connectivity index (χ4v) is 12.0. The number of amidine groups is 1. The van der Waals surface area contributed by atoms with Gasteiger partial charge in [-0.3, -0.25) is 4.99 Å². The van der Waals surface area contributed by atoms with E-state index in [-0.39, 0.29) is 11.5 Å². The number of nitrogens with zero attached hydrogens (tertiary/aromatic N) is 2. The third-order valence-electron chi connectivity index (χ3n) is 12.4. The number of nitrogens with one attached hydrogen (secondary N) is 1. The van der Waals surface area contributed by atoms with Gasteiger partial charge in [0.15, 0.2) is 0 Å². The van der Waals surface area contributed by atoms with Crippen molar-refractivity contribution in [3.63, 3.8) is 0 Å². The minimum Gasteiger partial charge on any atom is -0.339 e. The largest absolute Gasteiger partial charge is 0.339 e. The molecule has 3 unspecified atom stereocenters. The van der Waals surface area contributed by atoms with Crippen LogP contribution in [0.5, 0.6) is 0 Å². The SMILES string of the molecule is CC1CC=Cc2c1sc1c2NC(c2ccc3sc4ccccc4c3c2)=NC1c1ccc(-n2c3c(c4ccccc42)=CC2(C)CC=CC=C2C=3)c2ccccc12. The summed E-state index contributed by atoms with van der Waals surface area (Å²) in [5, 5.41) is 12.9. The van der Waals surface area contributed by atoms with Crippen LogP contribution in [0.4, 0.5) is 5.69 Å². The number of para-hydroxylation sites is 1. The number of benzene rings is 5. The predicted molar refractivity (Wildman–Crippen MR) is 237 cm³/mol. The molecule has 8 aromatic rings. The Bertz CT molecular complexity index is 3230. The molecule has 264 valence electrons. The van der Waals surface area contributed by atoms with Gasteiger partial charge in [0.2, 0.25) is 0 Å². The Balaban J connectivity index is 1.09.